The molecule has 0 amide bonds. The van der Waals surface area contributed by atoms with Gasteiger partial charge in [-0.25, -0.2) is 14.6 Å². The minimum atomic E-state index is 0.734. The number of imidazole rings is 1. The first-order chi connectivity index (χ1) is 10.4. The zero-order valence-electron chi connectivity index (χ0n) is 11.6. The highest BCUT2D eigenvalue weighted by atomic mass is 32.1. The number of aromatic nitrogens is 5. The van der Waals surface area contributed by atoms with Gasteiger partial charge in [0, 0.05) is 24.5 Å². The molecular weight excluding hydrogens is 284 g/mol. The van der Waals surface area contributed by atoms with Gasteiger partial charge in [0.2, 0.25) is 0 Å². The van der Waals surface area contributed by atoms with E-state index in [0.717, 1.165) is 38.5 Å². The van der Waals surface area contributed by atoms with Gasteiger partial charge >= 0.3 is 0 Å². The van der Waals surface area contributed by atoms with Gasteiger partial charge in [0.1, 0.15) is 18.5 Å². The molecule has 0 fully saturated rings. The van der Waals surface area contributed by atoms with Crippen LogP contribution < -0.4 is 0 Å². The Hall–Kier alpha value is -1.99. The van der Waals surface area contributed by atoms with Crippen LogP contribution in [0.15, 0.2) is 36.4 Å². The van der Waals surface area contributed by atoms with Gasteiger partial charge in [-0.05, 0) is 11.4 Å². The van der Waals surface area contributed by atoms with E-state index in [1.165, 1.54) is 10.6 Å². The van der Waals surface area contributed by atoms with Crippen molar-refractivity contribution in [1.82, 2.24) is 29.2 Å². The Morgan fingerprint density at radius 3 is 3.05 bits per heavy atom. The highest BCUT2D eigenvalue weighted by molar-refractivity contribution is 7.09. The van der Waals surface area contributed by atoms with Crippen molar-refractivity contribution in [3.63, 3.8) is 0 Å². The van der Waals surface area contributed by atoms with Crippen LogP contribution in [0.1, 0.15) is 16.4 Å². The molecule has 0 unspecified atom stereocenters. The Kier molecular flexibility index (Phi) is 3.28. The molecule has 1 aliphatic heterocycles. The van der Waals surface area contributed by atoms with E-state index in [1.807, 2.05) is 22.2 Å². The maximum Gasteiger partial charge on any atom is 0.137 e. The number of thiophene rings is 1. The van der Waals surface area contributed by atoms with Crippen LogP contribution in [0.25, 0.3) is 0 Å². The molecule has 4 rings (SSSR count). The monoisotopic (exact) mass is 300 g/mol. The van der Waals surface area contributed by atoms with Crippen LogP contribution in [0, 0.1) is 0 Å². The highest BCUT2D eigenvalue weighted by Crippen LogP contribution is 2.19. The summed E-state index contributed by atoms with van der Waals surface area (Å²) in [6, 6.07) is 4.31. The van der Waals surface area contributed by atoms with E-state index in [0.29, 0.717) is 0 Å². The molecule has 0 aliphatic carbocycles. The molecule has 3 aromatic rings. The average Bonchev–Trinajstić information content (AvgIpc) is 3.22. The van der Waals surface area contributed by atoms with Gasteiger partial charge in [-0.15, -0.1) is 11.3 Å². The molecule has 108 valence electrons. The summed E-state index contributed by atoms with van der Waals surface area (Å²) in [6.45, 7) is 4.71. The van der Waals surface area contributed by atoms with Crippen molar-refractivity contribution >= 4 is 11.3 Å². The third-order valence-corrected chi connectivity index (χ3v) is 4.64. The van der Waals surface area contributed by atoms with Crippen molar-refractivity contribution < 1.29 is 0 Å². The molecule has 7 heteroatoms. The highest BCUT2D eigenvalue weighted by Gasteiger charge is 2.20. The topological polar surface area (TPSA) is 51.8 Å². The first-order valence-electron chi connectivity index (χ1n) is 6.99. The van der Waals surface area contributed by atoms with Gasteiger partial charge in [0.05, 0.1) is 25.0 Å². The third-order valence-electron chi connectivity index (χ3n) is 3.78. The van der Waals surface area contributed by atoms with Gasteiger partial charge in [0.25, 0.3) is 0 Å². The average molecular weight is 300 g/mol. The van der Waals surface area contributed by atoms with Crippen LogP contribution >= 0.6 is 11.3 Å². The number of hydrogen-bond acceptors (Lipinski definition) is 5. The van der Waals surface area contributed by atoms with E-state index in [-0.39, 0.29) is 0 Å². The van der Waals surface area contributed by atoms with Gasteiger partial charge in [-0.1, -0.05) is 6.07 Å². The van der Waals surface area contributed by atoms with Gasteiger partial charge in [0.15, 0.2) is 0 Å². The molecular formula is C14H16N6S. The van der Waals surface area contributed by atoms with Crippen molar-refractivity contribution in [2.75, 3.05) is 6.54 Å². The zero-order chi connectivity index (χ0) is 14.1. The van der Waals surface area contributed by atoms with E-state index in [9.17, 15) is 0 Å². The van der Waals surface area contributed by atoms with Crippen molar-refractivity contribution in [3.05, 3.63) is 52.8 Å². The van der Waals surface area contributed by atoms with E-state index >= 15 is 0 Å². The number of fused-ring (bicyclic) bond motifs is 1. The van der Waals surface area contributed by atoms with Gasteiger partial charge < -0.3 is 4.57 Å². The molecule has 1 aliphatic rings. The lowest BCUT2D eigenvalue weighted by molar-refractivity contribution is 0.208. The van der Waals surface area contributed by atoms with E-state index in [4.69, 9.17) is 0 Å². The maximum absolute atomic E-state index is 4.58. The second-order valence-electron chi connectivity index (χ2n) is 5.20. The minimum Gasteiger partial charge on any atom is -0.328 e. The van der Waals surface area contributed by atoms with Crippen LogP contribution in [-0.4, -0.2) is 35.8 Å². The molecule has 4 heterocycles. The van der Waals surface area contributed by atoms with Crippen LogP contribution in [-0.2, 0) is 26.2 Å². The molecule has 21 heavy (non-hydrogen) atoms. The summed E-state index contributed by atoms with van der Waals surface area (Å²) in [5.74, 6) is 1.15. The van der Waals surface area contributed by atoms with Crippen LogP contribution in [0.3, 0.4) is 0 Å². The number of nitrogens with zero attached hydrogens (tertiary/aromatic N) is 6. The van der Waals surface area contributed by atoms with Crippen molar-refractivity contribution in [2.45, 2.75) is 26.2 Å². The summed E-state index contributed by atoms with van der Waals surface area (Å²) in [4.78, 5) is 12.4. The lowest BCUT2D eigenvalue weighted by atomic mass is 10.3. The summed E-state index contributed by atoms with van der Waals surface area (Å²) in [6.07, 6.45) is 5.27. The second kappa shape index (κ2) is 5.42. The van der Waals surface area contributed by atoms with Crippen LogP contribution in [0.4, 0.5) is 0 Å². The number of hydrogen-bond donors (Lipinski definition) is 0. The van der Waals surface area contributed by atoms with Crippen LogP contribution in [0.5, 0.6) is 0 Å². The Morgan fingerprint density at radius 2 is 2.24 bits per heavy atom. The fraction of sp³-hybridized carbons (Fsp3) is 0.357. The van der Waals surface area contributed by atoms with Crippen LogP contribution in [0.2, 0.25) is 0 Å². The maximum atomic E-state index is 4.58. The predicted octanol–water partition coefficient (Wildman–Crippen LogP) is 1.60. The molecule has 0 saturated carbocycles. The Morgan fingerprint density at radius 1 is 1.24 bits per heavy atom. The van der Waals surface area contributed by atoms with Crippen molar-refractivity contribution in [2.24, 2.45) is 0 Å². The standard InChI is InChI=1S/C14H16N6S/c1-2-13(21-5-1)8-18-3-4-20-12(6-16-14(20)9-18)7-19-11-15-10-17-19/h1-2,5-6,10-11H,3-4,7-9H2. The lowest BCUT2D eigenvalue weighted by Crippen LogP contribution is -2.34. The molecule has 0 bridgehead atoms. The first-order valence-corrected chi connectivity index (χ1v) is 7.87. The van der Waals surface area contributed by atoms with E-state index < -0.39 is 0 Å². The summed E-state index contributed by atoms with van der Waals surface area (Å²) < 4.78 is 4.15. The molecule has 0 saturated heterocycles. The summed E-state index contributed by atoms with van der Waals surface area (Å²) >= 11 is 1.82. The lowest BCUT2D eigenvalue weighted by Gasteiger charge is -2.28. The quantitative estimate of drug-likeness (QED) is 0.734. The molecule has 0 aromatic carbocycles. The SMILES string of the molecule is c1csc(CN2CCn3c(Cn4cncn4)cnc3C2)c1. The third kappa shape index (κ3) is 2.62. The second-order valence-corrected chi connectivity index (χ2v) is 6.23. The Labute approximate surface area is 126 Å². The summed E-state index contributed by atoms with van der Waals surface area (Å²) in [7, 11) is 0. The Bertz CT molecular complexity index is 700. The van der Waals surface area contributed by atoms with Crippen molar-refractivity contribution in [3.8, 4) is 0 Å². The molecule has 0 N–H and O–H groups in total. The smallest absolute Gasteiger partial charge is 0.137 e. The molecule has 3 aromatic heterocycles. The molecule has 0 spiro atoms. The predicted molar refractivity (Wildman–Crippen MR) is 79.8 cm³/mol. The van der Waals surface area contributed by atoms with Gasteiger partial charge in [-0.3, -0.25) is 4.90 Å². The fourth-order valence-electron chi connectivity index (χ4n) is 2.74. The fourth-order valence-corrected chi connectivity index (χ4v) is 3.48. The molecule has 6 nitrogen and oxygen atoms in total. The molecule has 0 atom stereocenters. The minimum absolute atomic E-state index is 0.734. The first kappa shape index (κ1) is 12.7. The normalized spacial score (nSPS) is 15.2. The summed E-state index contributed by atoms with van der Waals surface area (Å²) in [5.41, 5.74) is 1.20. The summed E-state index contributed by atoms with van der Waals surface area (Å²) in [5, 5.41) is 6.30. The zero-order valence-corrected chi connectivity index (χ0v) is 12.4. The van der Waals surface area contributed by atoms with Crippen molar-refractivity contribution in [1.29, 1.82) is 0 Å². The largest absolute Gasteiger partial charge is 0.328 e. The Balaban J connectivity index is 1.48. The number of rotatable bonds is 4. The van der Waals surface area contributed by atoms with E-state index in [1.54, 1.807) is 12.7 Å². The van der Waals surface area contributed by atoms with E-state index in [2.05, 4.69) is 42.0 Å². The van der Waals surface area contributed by atoms with Gasteiger partial charge in [-0.2, -0.15) is 5.10 Å². The molecule has 0 radical (unpaired) electrons.